The van der Waals surface area contributed by atoms with Crippen molar-refractivity contribution in [2.75, 3.05) is 27.4 Å². The van der Waals surface area contributed by atoms with Crippen LogP contribution in [0.2, 0.25) is 0 Å². The Morgan fingerprint density at radius 3 is 2.62 bits per heavy atom. The van der Waals surface area contributed by atoms with Gasteiger partial charge in [-0.2, -0.15) is 0 Å². The third-order valence-electron chi connectivity index (χ3n) is 2.17. The number of benzene rings is 1. The van der Waals surface area contributed by atoms with Crippen LogP contribution >= 0.6 is 0 Å². The minimum absolute atomic E-state index is 0.384. The van der Waals surface area contributed by atoms with E-state index in [4.69, 9.17) is 14.2 Å². The minimum Gasteiger partial charge on any atom is -0.490 e. The summed E-state index contributed by atoms with van der Waals surface area (Å²) in [5.74, 6) is 0.148. The van der Waals surface area contributed by atoms with Crippen LogP contribution in [-0.4, -0.2) is 33.4 Å². The van der Waals surface area contributed by atoms with Crippen LogP contribution in [-0.2, 0) is 9.47 Å². The highest BCUT2D eigenvalue weighted by Crippen LogP contribution is 2.22. The Morgan fingerprint density at radius 1 is 1.25 bits per heavy atom. The fourth-order valence-corrected chi connectivity index (χ4v) is 1.36. The molecule has 0 radical (unpaired) electrons. The highest BCUT2D eigenvalue weighted by Gasteiger charge is 2.15. The maximum atomic E-state index is 11.6. The van der Waals surface area contributed by atoms with Gasteiger partial charge >= 0.3 is 5.97 Å². The summed E-state index contributed by atoms with van der Waals surface area (Å²) in [5, 5.41) is 0. The number of aryl methyl sites for hydroxylation is 1. The molecule has 0 unspecified atom stereocenters. The molecule has 0 fully saturated rings. The van der Waals surface area contributed by atoms with E-state index in [9.17, 15) is 4.79 Å². The van der Waals surface area contributed by atoms with E-state index in [1.807, 2.05) is 19.1 Å². The molecule has 0 amide bonds. The van der Waals surface area contributed by atoms with Gasteiger partial charge in [-0.3, -0.25) is 0 Å². The number of methoxy groups -OCH3 is 2. The molecule has 0 saturated heterocycles. The second-order valence-electron chi connectivity index (χ2n) is 3.28. The summed E-state index contributed by atoms with van der Waals surface area (Å²) in [6.07, 6.45) is 0. The highest BCUT2D eigenvalue weighted by molar-refractivity contribution is 5.94. The number of hydrogen-bond donors (Lipinski definition) is 0. The molecule has 0 spiro atoms. The van der Waals surface area contributed by atoms with Crippen molar-refractivity contribution < 1.29 is 19.0 Å². The Kier molecular flexibility index (Phi) is 4.79. The van der Waals surface area contributed by atoms with Crippen molar-refractivity contribution in [1.82, 2.24) is 0 Å². The van der Waals surface area contributed by atoms with Gasteiger partial charge in [0.15, 0.2) is 0 Å². The lowest BCUT2D eigenvalue weighted by atomic mass is 10.1. The van der Waals surface area contributed by atoms with E-state index in [1.54, 1.807) is 13.2 Å². The summed E-state index contributed by atoms with van der Waals surface area (Å²) < 4.78 is 15.0. The van der Waals surface area contributed by atoms with E-state index in [-0.39, 0.29) is 5.97 Å². The molecule has 4 nitrogen and oxygen atoms in total. The van der Waals surface area contributed by atoms with Crippen molar-refractivity contribution in [3.63, 3.8) is 0 Å². The lowest BCUT2D eigenvalue weighted by Gasteiger charge is -2.11. The van der Waals surface area contributed by atoms with Crippen LogP contribution in [0.25, 0.3) is 0 Å². The molecule has 0 aromatic heterocycles. The Balaban J connectivity index is 2.89. The molecule has 0 atom stereocenters. The van der Waals surface area contributed by atoms with E-state index < -0.39 is 0 Å². The van der Waals surface area contributed by atoms with Crippen molar-refractivity contribution in [1.29, 1.82) is 0 Å². The van der Waals surface area contributed by atoms with Gasteiger partial charge < -0.3 is 14.2 Å². The lowest BCUT2D eigenvalue weighted by Crippen LogP contribution is -2.10. The molecule has 0 saturated carbocycles. The quantitative estimate of drug-likeness (QED) is 0.565. The van der Waals surface area contributed by atoms with Gasteiger partial charge in [0.2, 0.25) is 0 Å². The standard InChI is InChI=1S/C12H16O4/c1-9-5-4-6-10(16-8-7-14-2)11(9)12(13)15-3/h4-6H,7-8H2,1-3H3. The highest BCUT2D eigenvalue weighted by atomic mass is 16.5. The first-order valence-corrected chi connectivity index (χ1v) is 5.00. The van der Waals surface area contributed by atoms with Gasteiger partial charge in [-0.25, -0.2) is 4.79 Å². The first-order valence-electron chi connectivity index (χ1n) is 5.00. The van der Waals surface area contributed by atoms with Gasteiger partial charge in [0.05, 0.1) is 13.7 Å². The first-order chi connectivity index (χ1) is 7.70. The number of rotatable bonds is 5. The molecule has 0 heterocycles. The van der Waals surface area contributed by atoms with Crippen LogP contribution in [0.3, 0.4) is 0 Å². The van der Waals surface area contributed by atoms with Crippen LogP contribution in [0.5, 0.6) is 5.75 Å². The van der Waals surface area contributed by atoms with E-state index in [1.165, 1.54) is 7.11 Å². The molecule has 0 aliphatic heterocycles. The van der Waals surface area contributed by atoms with Gasteiger partial charge in [-0.1, -0.05) is 12.1 Å². The first kappa shape index (κ1) is 12.5. The zero-order valence-electron chi connectivity index (χ0n) is 9.78. The Labute approximate surface area is 95.1 Å². The van der Waals surface area contributed by atoms with Gasteiger partial charge in [-0.05, 0) is 18.6 Å². The number of carbonyl (C=O) groups excluding carboxylic acids is 1. The number of hydrogen-bond acceptors (Lipinski definition) is 4. The number of carbonyl (C=O) groups is 1. The Bertz CT molecular complexity index is 360. The van der Waals surface area contributed by atoms with Crippen LogP contribution < -0.4 is 4.74 Å². The summed E-state index contributed by atoms with van der Waals surface area (Å²) in [7, 11) is 2.95. The zero-order valence-corrected chi connectivity index (χ0v) is 9.78. The Hall–Kier alpha value is -1.55. The Morgan fingerprint density at radius 2 is 2.00 bits per heavy atom. The predicted octanol–water partition coefficient (Wildman–Crippen LogP) is 1.81. The predicted molar refractivity (Wildman–Crippen MR) is 59.9 cm³/mol. The van der Waals surface area contributed by atoms with Crippen molar-refractivity contribution in [3.8, 4) is 5.75 Å². The van der Waals surface area contributed by atoms with Gasteiger partial charge in [-0.15, -0.1) is 0 Å². The third-order valence-corrected chi connectivity index (χ3v) is 2.17. The summed E-state index contributed by atoms with van der Waals surface area (Å²) in [6, 6.07) is 5.42. The molecule has 0 aliphatic rings. The van der Waals surface area contributed by atoms with E-state index in [0.29, 0.717) is 24.5 Å². The third kappa shape index (κ3) is 2.97. The normalized spacial score (nSPS) is 9.94. The largest absolute Gasteiger partial charge is 0.490 e. The van der Waals surface area contributed by atoms with E-state index >= 15 is 0 Å². The molecule has 4 heteroatoms. The van der Waals surface area contributed by atoms with Crippen molar-refractivity contribution in [2.24, 2.45) is 0 Å². The van der Waals surface area contributed by atoms with Gasteiger partial charge in [0.25, 0.3) is 0 Å². The SMILES string of the molecule is COCCOc1cccc(C)c1C(=O)OC. The van der Waals surface area contributed by atoms with Crippen LogP contribution in [0.1, 0.15) is 15.9 Å². The van der Waals surface area contributed by atoms with Crippen molar-refractivity contribution >= 4 is 5.97 Å². The average Bonchev–Trinajstić information content (AvgIpc) is 2.29. The van der Waals surface area contributed by atoms with E-state index in [2.05, 4.69) is 0 Å². The second kappa shape index (κ2) is 6.12. The summed E-state index contributed by atoms with van der Waals surface area (Å²) >= 11 is 0. The molecule has 0 aliphatic carbocycles. The molecular formula is C12H16O4. The summed E-state index contributed by atoms with van der Waals surface area (Å²) in [5.41, 5.74) is 1.31. The monoisotopic (exact) mass is 224 g/mol. The summed E-state index contributed by atoms with van der Waals surface area (Å²) in [6.45, 7) is 2.73. The fourth-order valence-electron chi connectivity index (χ4n) is 1.36. The smallest absolute Gasteiger partial charge is 0.341 e. The summed E-state index contributed by atoms with van der Waals surface area (Å²) in [4.78, 5) is 11.6. The molecule has 1 aromatic rings. The number of ether oxygens (including phenoxy) is 3. The van der Waals surface area contributed by atoms with Crippen LogP contribution in [0, 0.1) is 6.92 Å². The molecule has 0 bridgehead atoms. The van der Waals surface area contributed by atoms with Crippen LogP contribution in [0.4, 0.5) is 0 Å². The minimum atomic E-state index is -0.384. The number of esters is 1. The van der Waals surface area contributed by atoms with Crippen molar-refractivity contribution in [2.45, 2.75) is 6.92 Å². The van der Waals surface area contributed by atoms with Crippen molar-refractivity contribution in [3.05, 3.63) is 29.3 Å². The molecular weight excluding hydrogens is 208 g/mol. The zero-order chi connectivity index (χ0) is 12.0. The lowest BCUT2D eigenvalue weighted by molar-refractivity contribution is 0.0593. The second-order valence-corrected chi connectivity index (χ2v) is 3.28. The maximum absolute atomic E-state index is 11.6. The molecule has 88 valence electrons. The fraction of sp³-hybridized carbons (Fsp3) is 0.417. The van der Waals surface area contributed by atoms with E-state index in [0.717, 1.165) is 5.56 Å². The van der Waals surface area contributed by atoms with Crippen LogP contribution in [0.15, 0.2) is 18.2 Å². The van der Waals surface area contributed by atoms with Gasteiger partial charge in [0, 0.05) is 7.11 Å². The molecule has 1 aromatic carbocycles. The van der Waals surface area contributed by atoms with Gasteiger partial charge in [0.1, 0.15) is 17.9 Å². The molecule has 16 heavy (non-hydrogen) atoms. The molecule has 1 rings (SSSR count). The average molecular weight is 224 g/mol. The maximum Gasteiger partial charge on any atom is 0.341 e. The topological polar surface area (TPSA) is 44.8 Å². The molecule has 0 N–H and O–H groups in total.